The molecule has 51 heavy (non-hydrogen) atoms. The zero-order valence-corrected chi connectivity index (χ0v) is 27.8. The number of nitrogens with zero attached hydrogens (tertiary/aromatic N) is 1. The molecule has 238 valence electrons. The molecule has 9 aromatic rings. The van der Waals surface area contributed by atoms with Crippen LogP contribution in [0.4, 0.5) is 17.1 Å². The van der Waals surface area contributed by atoms with Crippen molar-refractivity contribution in [1.82, 2.24) is 0 Å². The van der Waals surface area contributed by atoms with Gasteiger partial charge in [0.2, 0.25) is 0 Å². The second kappa shape index (κ2) is 10.7. The van der Waals surface area contributed by atoms with Gasteiger partial charge in [0, 0.05) is 33.6 Å². The standard InChI is InChI=1S/C49H31NO/c1-3-14-35-29-37(24-21-32(35)11-1)50(38-25-22-33-12-2-4-15-36(33)30-38)39-26-27-42-41-17-7-8-18-43(41)49(46(42)31-39)44-19-9-10-20-47(44)51-48-40-16-6-5-13-34(40)23-28-45(48)49/h1-31H. The molecule has 0 radical (unpaired) electrons. The Hall–Kier alpha value is -6.64. The SMILES string of the molecule is c1ccc2c(c1)Oc1c(ccc3ccccc13)C21c2ccccc2-c2ccc(N(c3ccc4ccccc4c3)c3ccc4ccccc4c3)cc21. The van der Waals surface area contributed by atoms with Crippen LogP contribution in [-0.2, 0) is 5.41 Å². The highest BCUT2D eigenvalue weighted by Gasteiger charge is 2.51. The van der Waals surface area contributed by atoms with Gasteiger partial charge >= 0.3 is 0 Å². The molecule has 1 aliphatic carbocycles. The monoisotopic (exact) mass is 649 g/mol. The molecule has 2 aliphatic rings. The average Bonchev–Trinajstić information content (AvgIpc) is 3.48. The van der Waals surface area contributed by atoms with Gasteiger partial charge in [0.05, 0.1) is 5.41 Å². The molecular formula is C49H31NO. The van der Waals surface area contributed by atoms with Crippen LogP contribution in [-0.4, -0.2) is 0 Å². The summed E-state index contributed by atoms with van der Waals surface area (Å²) < 4.78 is 6.90. The van der Waals surface area contributed by atoms with Crippen molar-refractivity contribution in [1.29, 1.82) is 0 Å². The smallest absolute Gasteiger partial charge is 0.140 e. The Labute approximate surface area is 296 Å². The van der Waals surface area contributed by atoms with Crippen molar-refractivity contribution in [3.63, 3.8) is 0 Å². The highest BCUT2D eigenvalue weighted by Crippen LogP contribution is 2.63. The summed E-state index contributed by atoms with van der Waals surface area (Å²) in [4.78, 5) is 2.42. The van der Waals surface area contributed by atoms with E-state index in [1.165, 1.54) is 60.3 Å². The molecule has 0 amide bonds. The lowest BCUT2D eigenvalue weighted by Gasteiger charge is -2.40. The first-order valence-corrected chi connectivity index (χ1v) is 17.6. The minimum atomic E-state index is -0.575. The topological polar surface area (TPSA) is 12.5 Å². The van der Waals surface area contributed by atoms with Crippen LogP contribution in [0.15, 0.2) is 188 Å². The first kappa shape index (κ1) is 28.2. The second-order valence-electron chi connectivity index (χ2n) is 13.7. The van der Waals surface area contributed by atoms with Crippen molar-refractivity contribution in [2.45, 2.75) is 5.41 Å². The van der Waals surface area contributed by atoms with Crippen molar-refractivity contribution in [2.75, 3.05) is 4.90 Å². The fourth-order valence-corrected chi connectivity index (χ4v) is 8.83. The Morgan fingerprint density at radius 1 is 0.353 bits per heavy atom. The van der Waals surface area contributed by atoms with E-state index in [0.717, 1.165) is 33.9 Å². The molecule has 0 saturated heterocycles. The molecule has 2 heteroatoms. The Bertz CT molecular complexity index is 2790. The molecule has 0 N–H and O–H groups in total. The van der Waals surface area contributed by atoms with Crippen molar-refractivity contribution >= 4 is 49.4 Å². The van der Waals surface area contributed by atoms with Crippen LogP contribution in [0.25, 0.3) is 43.4 Å². The van der Waals surface area contributed by atoms with Gasteiger partial charge in [0.1, 0.15) is 11.5 Å². The zero-order chi connectivity index (χ0) is 33.5. The molecule has 1 aliphatic heterocycles. The van der Waals surface area contributed by atoms with Crippen LogP contribution >= 0.6 is 0 Å². The molecule has 11 rings (SSSR count). The maximum Gasteiger partial charge on any atom is 0.140 e. The summed E-state index contributed by atoms with van der Waals surface area (Å²) >= 11 is 0. The molecule has 2 nitrogen and oxygen atoms in total. The second-order valence-corrected chi connectivity index (χ2v) is 13.7. The predicted molar refractivity (Wildman–Crippen MR) is 211 cm³/mol. The molecule has 0 aromatic heterocycles. The number of hydrogen-bond donors (Lipinski definition) is 0. The van der Waals surface area contributed by atoms with E-state index in [4.69, 9.17) is 4.74 Å². The number of anilines is 3. The minimum Gasteiger partial charge on any atom is -0.456 e. The van der Waals surface area contributed by atoms with Crippen LogP contribution in [0.3, 0.4) is 0 Å². The fraction of sp³-hybridized carbons (Fsp3) is 0.0204. The quantitative estimate of drug-likeness (QED) is 0.189. The summed E-state index contributed by atoms with van der Waals surface area (Å²) in [7, 11) is 0. The Morgan fingerprint density at radius 3 is 1.63 bits per heavy atom. The highest BCUT2D eigenvalue weighted by atomic mass is 16.5. The van der Waals surface area contributed by atoms with Gasteiger partial charge in [-0.05, 0) is 91.6 Å². The lowest BCUT2D eigenvalue weighted by Crippen LogP contribution is -2.32. The van der Waals surface area contributed by atoms with E-state index in [1.807, 2.05) is 0 Å². The van der Waals surface area contributed by atoms with Crippen molar-refractivity contribution in [2.24, 2.45) is 0 Å². The molecule has 1 atom stereocenters. The van der Waals surface area contributed by atoms with Gasteiger partial charge in [-0.2, -0.15) is 0 Å². The van der Waals surface area contributed by atoms with Crippen molar-refractivity contribution < 1.29 is 4.74 Å². The molecule has 0 bridgehead atoms. The van der Waals surface area contributed by atoms with E-state index >= 15 is 0 Å². The first-order valence-electron chi connectivity index (χ1n) is 17.6. The lowest BCUT2D eigenvalue weighted by molar-refractivity contribution is 0.441. The predicted octanol–water partition coefficient (Wildman–Crippen LogP) is 13.1. The van der Waals surface area contributed by atoms with Crippen LogP contribution in [0.1, 0.15) is 22.3 Å². The highest BCUT2D eigenvalue weighted by molar-refractivity contribution is 5.98. The molecule has 1 heterocycles. The number of fused-ring (bicyclic) bond motifs is 13. The summed E-state index contributed by atoms with van der Waals surface area (Å²) in [5.74, 6) is 1.83. The molecule has 0 fully saturated rings. The largest absolute Gasteiger partial charge is 0.456 e. The third-order valence-electron chi connectivity index (χ3n) is 11.1. The summed E-state index contributed by atoms with van der Waals surface area (Å²) in [6, 6.07) is 68.6. The third-order valence-corrected chi connectivity index (χ3v) is 11.1. The van der Waals surface area contributed by atoms with E-state index < -0.39 is 5.41 Å². The Morgan fingerprint density at radius 2 is 0.882 bits per heavy atom. The Kier molecular flexibility index (Phi) is 5.91. The van der Waals surface area contributed by atoms with Crippen LogP contribution in [0, 0.1) is 0 Å². The van der Waals surface area contributed by atoms with E-state index in [9.17, 15) is 0 Å². The number of ether oxygens (including phenoxy) is 1. The molecule has 9 aromatic carbocycles. The summed E-state index contributed by atoms with van der Waals surface area (Å²) in [5, 5.41) is 7.18. The van der Waals surface area contributed by atoms with Gasteiger partial charge < -0.3 is 9.64 Å². The van der Waals surface area contributed by atoms with Crippen LogP contribution < -0.4 is 9.64 Å². The zero-order valence-electron chi connectivity index (χ0n) is 27.8. The van der Waals surface area contributed by atoms with Crippen molar-refractivity contribution in [3.05, 3.63) is 210 Å². The number of rotatable bonds is 3. The van der Waals surface area contributed by atoms with E-state index in [0.29, 0.717) is 0 Å². The number of benzene rings is 9. The maximum absolute atomic E-state index is 6.90. The fourth-order valence-electron chi connectivity index (χ4n) is 8.83. The van der Waals surface area contributed by atoms with Crippen LogP contribution in [0.2, 0.25) is 0 Å². The van der Waals surface area contributed by atoms with E-state index in [2.05, 4.69) is 193 Å². The summed E-state index contributed by atoms with van der Waals surface area (Å²) in [5.41, 5.74) is 10.2. The molecule has 1 unspecified atom stereocenters. The van der Waals surface area contributed by atoms with E-state index in [1.54, 1.807) is 0 Å². The first-order chi connectivity index (χ1) is 25.3. The molecule has 0 saturated carbocycles. The third kappa shape index (κ3) is 3.99. The van der Waals surface area contributed by atoms with E-state index in [-0.39, 0.29) is 0 Å². The maximum atomic E-state index is 6.90. The van der Waals surface area contributed by atoms with Crippen molar-refractivity contribution in [3.8, 4) is 22.6 Å². The van der Waals surface area contributed by atoms with Gasteiger partial charge in [0.25, 0.3) is 0 Å². The van der Waals surface area contributed by atoms with Gasteiger partial charge in [-0.15, -0.1) is 0 Å². The van der Waals surface area contributed by atoms with Crippen LogP contribution in [0.5, 0.6) is 11.5 Å². The summed E-state index contributed by atoms with van der Waals surface area (Å²) in [6.07, 6.45) is 0. The van der Waals surface area contributed by atoms with Gasteiger partial charge in [-0.3, -0.25) is 0 Å². The Balaban J connectivity index is 1.22. The molecular weight excluding hydrogens is 619 g/mol. The van der Waals surface area contributed by atoms with Gasteiger partial charge in [-0.1, -0.05) is 146 Å². The number of para-hydroxylation sites is 1. The van der Waals surface area contributed by atoms with Gasteiger partial charge in [-0.25, -0.2) is 0 Å². The minimum absolute atomic E-state index is 0.575. The summed E-state index contributed by atoms with van der Waals surface area (Å²) in [6.45, 7) is 0. The average molecular weight is 650 g/mol. The number of hydrogen-bond acceptors (Lipinski definition) is 2. The lowest BCUT2D eigenvalue weighted by atomic mass is 9.65. The molecule has 1 spiro atoms. The normalized spacial score (nSPS) is 15.3. The van der Waals surface area contributed by atoms with Gasteiger partial charge in [0.15, 0.2) is 0 Å².